The van der Waals surface area contributed by atoms with Crippen LogP contribution in [0.1, 0.15) is 23.7 Å². The van der Waals surface area contributed by atoms with Gasteiger partial charge in [-0.15, -0.1) is 0 Å². The molecule has 0 aliphatic heterocycles. The summed E-state index contributed by atoms with van der Waals surface area (Å²) in [6.45, 7) is 2.58. The zero-order valence-electron chi connectivity index (χ0n) is 9.77. The van der Waals surface area contributed by atoms with Gasteiger partial charge in [-0.2, -0.15) is 0 Å². The van der Waals surface area contributed by atoms with Crippen LogP contribution in [0.2, 0.25) is 0 Å². The average Bonchev–Trinajstić information content (AvgIpc) is 2.23. The van der Waals surface area contributed by atoms with Crippen molar-refractivity contribution in [1.29, 1.82) is 0 Å². The number of rotatable bonds is 5. The first-order chi connectivity index (χ1) is 7.54. The maximum atomic E-state index is 9.93. The van der Waals surface area contributed by atoms with Crippen molar-refractivity contribution in [1.82, 2.24) is 5.32 Å². The van der Waals surface area contributed by atoms with Crippen LogP contribution in [0, 0.1) is 6.92 Å². The second kappa shape index (κ2) is 5.84. The van der Waals surface area contributed by atoms with E-state index in [9.17, 15) is 10.2 Å². The Hall–Kier alpha value is -1.10. The highest BCUT2D eigenvalue weighted by atomic mass is 16.3. The third-order valence-electron chi connectivity index (χ3n) is 2.52. The fourth-order valence-electron chi connectivity index (χ4n) is 1.69. The fraction of sp³-hybridized carbons (Fsp3) is 0.500. The van der Waals surface area contributed by atoms with Crippen LogP contribution in [0.3, 0.4) is 0 Å². The Bertz CT molecular complexity index is 322. The number of nitrogens with one attached hydrogen (secondary N) is 1. The fourth-order valence-corrected chi connectivity index (χ4v) is 1.69. The van der Waals surface area contributed by atoms with Gasteiger partial charge in [0.1, 0.15) is 6.10 Å². The van der Waals surface area contributed by atoms with Gasteiger partial charge in [0.2, 0.25) is 0 Å². The van der Waals surface area contributed by atoms with E-state index in [0.29, 0.717) is 24.2 Å². The molecule has 1 aromatic carbocycles. The Morgan fingerprint density at radius 1 is 1.31 bits per heavy atom. The average molecular weight is 224 g/mol. The van der Waals surface area contributed by atoms with Gasteiger partial charge in [-0.3, -0.25) is 0 Å². The third-order valence-corrected chi connectivity index (χ3v) is 2.52. The van der Waals surface area contributed by atoms with Crippen molar-refractivity contribution in [3.05, 3.63) is 29.3 Å². The molecule has 0 saturated heterocycles. The Morgan fingerprint density at radius 3 is 2.56 bits per heavy atom. The van der Waals surface area contributed by atoms with Gasteiger partial charge in [-0.1, -0.05) is 6.07 Å². The molecular weight excluding hydrogens is 204 g/mol. The molecule has 0 fully saturated rings. The van der Waals surface area contributed by atoms with Crippen LogP contribution >= 0.6 is 0 Å². The molecule has 0 radical (unpaired) electrons. The summed E-state index contributed by atoms with van der Waals surface area (Å²) in [6, 6.07) is 5.36. The molecule has 2 unspecified atom stereocenters. The number of hydrogen-bond donors (Lipinski definition) is 4. The van der Waals surface area contributed by atoms with Crippen molar-refractivity contribution < 1.29 is 10.2 Å². The number of nitrogen functional groups attached to an aromatic ring is 1. The molecule has 0 saturated carbocycles. The van der Waals surface area contributed by atoms with E-state index in [1.165, 1.54) is 0 Å². The molecule has 1 rings (SSSR count). The first-order valence-electron chi connectivity index (χ1n) is 5.42. The monoisotopic (exact) mass is 224 g/mol. The van der Waals surface area contributed by atoms with Gasteiger partial charge in [-0.25, -0.2) is 0 Å². The van der Waals surface area contributed by atoms with E-state index < -0.39 is 12.2 Å². The number of anilines is 1. The Balaban J connectivity index is 2.74. The van der Waals surface area contributed by atoms with Gasteiger partial charge in [0.05, 0.1) is 6.10 Å². The van der Waals surface area contributed by atoms with Crippen molar-refractivity contribution >= 4 is 5.69 Å². The lowest BCUT2D eigenvalue weighted by Crippen LogP contribution is -2.23. The molecule has 0 bridgehead atoms. The van der Waals surface area contributed by atoms with Crippen molar-refractivity contribution in [3.63, 3.8) is 0 Å². The molecule has 16 heavy (non-hydrogen) atoms. The van der Waals surface area contributed by atoms with Crippen LogP contribution in [-0.2, 0) is 0 Å². The van der Waals surface area contributed by atoms with Crippen molar-refractivity contribution in [2.45, 2.75) is 25.6 Å². The summed E-state index contributed by atoms with van der Waals surface area (Å²) >= 11 is 0. The zero-order valence-corrected chi connectivity index (χ0v) is 9.77. The predicted octanol–water partition coefficient (Wildman–Crippen LogP) is 0.581. The smallest absolute Gasteiger partial charge is 0.105 e. The maximum Gasteiger partial charge on any atom is 0.105 e. The molecule has 0 aromatic heterocycles. The van der Waals surface area contributed by atoms with E-state index in [-0.39, 0.29) is 0 Å². The number of hydrogen-bond acceptors (Lipinski definition) is 4. The van der Waals surface area contributed by atoms with Crippen LogP contribution < -0.4 is 11.1 Å². The highest BCUT2D eigenvalue weighted by Gasteiger charge is 2.18. The standard InChI is InChI=1S/C12H20N2O2/c1-8-5-9(7-10(13)6-8)12(16)11(15)3-4-14-2/h5-7,11-12,14-16H,3-4,13H2,1-2H3. The minimum atomic E-state index is -0.879. The minimum absolute atomic E-state index is 0.505. The SMILES string of the molecule is CNCCC(O)C(O)c1cc(C)cc(N)c1. The molecule has 4 heteroatoms. The minimum Gasteiger partial charge on any atom is -0.399 e. The van der Waals surface area contributed by atoms with Gasteiger partial charge in [-0.05, 0) is 50.2 Å². The molecule has 2 atom stereocenters. The second-order valence-electron chi connectivity index (χ2n) is 4.08. The summed E-state index contributed by atoms with van der Waals surface area (Å²) in [4.78, 5) is 0. The first-order valence-corrected chi connectivity index (χ1v) is 5.42. The molecule has 90 valence electrons. The van der Waals surface area contributed by atoms with Crippen LogP contribution in [0.4, 0.5) is 5.69 Å². The number of aliphatic hydroxyl groups is 2. The van der Waals surface area contributed by atoms with Gasteiger partial charge >= 0.3 is 0 Å². The topological polar surface area (TPSA) is 78.5 Å². The quantitative estimate of drug-likeness (QED) is 0.552. The Labute approximate surface area is 96.1 Å². The molecule has 0 heterocycles. The Kier molecular flexibility index (Phi) is 4.73. The first kappa shape index (κ1) is 13.0. The van der Waals surface area contributed by atoms with Gasteiger partial charge < -0.3 is 21.3 Å². The molecule has 0 aliphatic rings. The molecule has 0 aliphatic carbocycles. The van der Waals surface area contributed by atoms with E-state index in [1.807, 2.05) is 26.1 Å². The largest absolute Gasteiger partial charge is 0.399 e. The van der Waals surface area contributed by atoms with E-state index in [0.717, 1.165) is 5.56 Å². The maximum absolute atomic E-state index is 9.93. The van der Waals surface area contributed by atoms with Crippen LogP contribution in [-0.4, -0.2) is 29.9 Å². The van der Waals surface area contributed by atoms with Crippen LogP contribution in [0.5, 0.6) is 0 Å². The second-order valence-corrected chi connectivity index (χ2v) is 4.08. The molecule has 0 amide bonds. The summed E-state index contributed by atoms with van der Waals surface area (Å²) in [7, 11) is 1.81. The van der Waals surface area contributed by atoms with E-state index in [1.54, 1.807) is 6.07 Å². The highest BCUT2D eigenvalue weighted by Crippen LogP contribution is 2.22. The van der Waals surface area contributed by atoms with Crippen molar-refractivity contribution in [3.8, 4) is 0 Å². The molecule has 0 spiro atoms. The number of aliphatic hydroxyl groups excluding tert-OH is 2. The van der Waals surface area contributed by atoms with Crippen LogP contribution in [0.15, 0.2) is 18.2 Å². The van der Waals surface area contributed by atoms with Gasteiger partial charge in [0, 0.05) is 5.69 Å². The molecule has 1 aromatic rings. The summed E-state index contributed by atoms with van der Waals surface area (Å²) in [5.74, 6) is 0. The summed E-state index contributed by atoms with van der Waals surface area (Å²) in [5.41, 5.74) is 7.95. The van der Waals surface area contributed by atoms with Gasteiger partial charge in [0.15, 0.2) is 0 Å². The Morgan fingerprint density at radius 2 is 2.00 bits per heavy atom. The van der Waals surface area contributed by atoms with Crippen molar-refractivity contribution in [2.24, 2.45) is 0 Å². The third kappa shape index (κ3) is 3.48. The summed E-state index contributed by atoms with van der Waals surface area (Å²) in [5, 5.41) is 22.6. The number of nitrogens with two attached hydrogens (primary N) is 1. The van der Waals surface area contributed by atoms with Gasteiger partial charge in [0.25, 0.3) is 0 Å². The van der Waals surface area contributed by atoms with Crippen LogP contribution in [0.25, 0.3) is 0 Å². The summed E-state index contributed by atoms with van der Waals surface area (Å²) < 4.78 is 0. The lowest BCUT2D eigenvalue weighted by Gasteiger charge is -2.18. The lowest BCUT2D eigenvalue weighted by atomic mass is 10.00. The molecular formula is C12H20N2O2. The molecule has 5 N–H and O–H groups in total. The lowest BCUT2D eigenvalue weighted by molar-refractivity contribution is 0.0140. The summed E-state index contributed by atoms with van der Waals surface area (Å²) in [6.07, 6.45) is -1.14. The van der Waals surface area contributed by atoms with Crippen molar-refractivity contribution in [2.75, 3.05) is 19.3 Å². The zero-order chi connectivity index (χ0) is 12.1. The van der Waals surface area contributed by atoms with E-state index in [2.05, 4.69) is 5.32 Å². The number of benzene rings is 1. The predicted molar refractivity (Wildman–Crippen MR) is 65.1 cm³/mol. The number of aryl methyl sites for hydroxylation is 1. The molecule has 4 nitrogen and oxygen atoms in total. The van der Waals surface area contributed by atoms with E-state index >= 15 is 0 Å². The highest BCUT2D eigenvalue weighted by molar-refractivity contribution is 5.45. The normalized spacial score (nSPS) is 14.8. The van der Waals surface area contributed by atoms with E-state index in [4.69, 9.17) is 5.73 Å².